The van der Waals surface area contributed by atoms with Gasteiger partial charge in [0.2, 0.25) is 0 Å². The Hall–Kier alpha value is -3.65. The van der Waals surface area contributed by atoms with Crippen LogP contribution in [0.15, 0.2) is 60.4 Å². The van der Waals surface area contributed by atoms with Crippen molar-refractivity contribution in [2.45, 2.75) is 20.4 Å². The Morgan fingerprint density at radius 1 is 1.09 bits per heavy atom. The maximum atomic E-state index is 13.1. The van der Waals surface area contributed by atoms with Gasteiger partial charge in [-0.25, -0.2) is 0 Å². The van der Waals surface area contributed by atoms with Gasteiger partial charge in [-0.1, -0.05) is 18.2 Å². The van der Waals surface area contributed by atoms with Crippen LogP contribution < -0.4 is 15.0 Å². The van der Waals surface area contributed by atoms with Gasteiger partial charge in [-0.05, 0) is 62.5 Å². The number of nitrogens with zero attached hydrogens (tertiary/aromatic N) is 2. The number of amides is 1. The zero-order chi connectivity index (χ0) is 22.7. The van der Waals surface area contributed by atoms with Crippen molar-refractivity contribution in [3.8, 4) is 5.75 Å². The predicted octanol–water partition coefficient (Wildman–Crippen LogP) is 3.87. The number of anilines is 1. The van der Waals surface area contributed by atoms with E-state index in [0.29, 0.717) is 29.7 Å². The number of nitrogens with one attached hydrogen (secondary N) is 1. The number of hydrogen-bond donors (Lipinski definition) is 1. The summed E-state index contributed by atoms with van der Waals surface area (Å²) in [5.41, 5.74) is 2.70. The first-order valence-electron chi connectivity index (χ1n) is 10.3. The number of carbonyl (C=O) groups is 2. The van der Waals surface area contributed by atoms with Crippen LogP contribution in [0.1, 0.15) is 19.4 Å². The van der Waals surface area contributed by atoms with Gasteiger partial charge in [0.15, 0.2) is 5.11 Å². The summed E-state index contributed by atoms with van der Waals surface area (Å²) >= 11 is 5.42. The largest absolute Gasteiger partial charge is 0.494 e. The van der Waals surface area contributed by atoms with Crippen molar-refractivity contribution in [2.75, 3.05) is 18.1 Å². The van der Waals surface area contributed by atoms with Gasteiger partial charge in [-0.3, -0.25) is 14.5 Å². The number of rotatable bonds is 7. The number of benzene rings is 2. The van der Waals surface area contributed by atoms with Crippen molar-refractivity contribution in [3.63, 3.8) is 0 Å². The molecule has 0 atom stereocenters. The lowest BCUT2D eigenvalue weighted by atomic mass is 10.1. The van der Waals surface area contributed by atoms with Gasteiger partial charge in [0.05, 0.1) is 18.9 Å². The molecule has 4 rings (SSSR count). The Labute approximate surface area is 191 Å². The Bertz CT molecular complexity index is 1210. The lowest BCUT2D eigenvalue weighted by Crippen LogP contribution is -2.30. The van der Waals surface area contributed by atoms with Gasteiger partial charge in [-0.15, -0.1) is 0 Å². The Kier molecular flexibility index (Phi) is 6.23. The zero-order valence-corrected chi connectivity index (χ0v) is 18.6. The lowest BCUT2D eigenvalue weighted by molar-refractivity contribution is -0.143. The van der Waals surface area contributed by atoms with Crippen LogP contribution in [0.2, 0.25) is 0 Å². The minimum atomic E-state index is -0.314. The summed E-state index contributed by atoms with van der Waals surface area (Å²) in [6.07, 6.45) is 3.60. The van der Waals surface area contributed by atoms with Crippen LogP contribution in [0.4, 0.5) is 5.69 Å². The first kappa shape index (κ1) is 21.6. The van der Waals surface area contributed by atoms with E-state index >= 15 is 0 Å². The summed E-state index contributed by atoms with van der Waals surface area (Å²) in [5.74, 6) is 0.165. The first-order chi connectivity index (χ1) is 15.5. The topological polar surface area (TPSA) is 72.8 Å². The molecule has 8 heteroatoms. The molecule has 0 spiro atoms. The van der Waals surface area contributed by atoms with Crippen LogP contribution in [0.3, 0.4) is 0 Å². The summed E-state index contributed by atoms with van der Waals surface area (Å²) in [6.45, 7) is 4.68. The van der Waals surface area contributed by atoms with E-state index in [1.807, 2.05) is 42.0 Å². The minimum absolute atomic E-state index is 0.0929. The number of carbonyl (C=O) groups excluding carboxylic acids is 2. The number of thiocarbonyl (C=S) groups is 1. The van der Waals surface area contributed by atoms with Crippen LogP contribution in [-0.4, -0.2) is 34.8 Å². The van der Waals surface area contributed by atoms with E-state index < -0.39 is 0 Å². The van der Waals surface area contributed by atoms with Gasteiger partial charge < -0.3 is 19.4 Å². The molecule has 1 amide bonds. The monoisotopic (exact) mass is 449 g/mol. The molecule has 164 valence electrons. The van der Waals surface area contributed by atoms with E-state index in [0.717, 1.165) is 22.2 Å². The smallest absolute Gasteiger partial charge is 0.325 e. The number of hydrogen-bond acceptors (Lipinski definition) is 5. The molecule has 7 nitrogen and oxygen atoms in total. The standard InChI is InChI=1S/C24H23N3O4S/c1-3-30-18-11-9-17(10-12-18)27-23(29)20(25-24(27)32)13-16-14-26(15-22(28)31-4-2)21-8-6-5-7-19(16)21/h5-14H,3-4,15H2,1-2H3,(H,25,32)/b20-13-. The second-order valence-corrected chi connectivity index (χ2v) is 7.48. The van der Waals surface area contributed by atoms with E-state index in [1.165, 1.54) is 4.90 Å². The summed E-state index contributed by atoms with van der Waals surface area (Å²) < 4.78 is 12.4. The highest BCUT2D eigenvalue weighted by Gasteiger charge is 2.32. The van der Waals surface area contributed by atoms with Crippen LogP contribution in [0, 0.1) is 0 Å². The molecule has 1 N–H and O–H groups in total. The third-order valence-electron chi connectivity index (χ3n) is 5.01. The number of esters is 1. The van der Waals surface area contributed by atoms with Crippen molar-refractivity contribution >= 4 is 51.9 Å². The molecule has 1 fully saturated rings. The molecule has 0 bridgehead atoms. The highest BCUT2D eigenvalue weighted by Crippen LogP contribution is 2.27. The third-order valence-corrected chi connectivity index (χ3v) is 5.29. The molecule has 2 aromatic carbocycles. The van der Waals surface area contributed by atoms with Gasteiger partial charge in [-0.2, -0.15) is 0 Å². The second kappa shape index (κ2) is 9.23. The molecule has 1 aliphatic rings. The SMILES string of the molecule is CCOC(=O)Cn1cc(/C=C2\NC(=S)N(c3ccc(OCC)cc3)C2=O)c2ccccc21. The predicted molar refractivity (Wildman–Crippen MR) is 127 cm³/mol. The third kappa shape index (κ3) is 4.22. The zero-order valence-electron chi connectivity index (χ0n) is 17.8. The molecule has 3 aromatic rings. The molecule has 0 unspecified atom stereocenters. The maximum absolute atomic E-state index is 13.1. The Morgan fingerprint density at radius 2 is 1.84 bits per heavy atom. The number of aromatic nitrogens is 1. The van der Waals surface area contributed by atoms with Crippen LogP contribution in [0.5, 0.6) is 5.75 Å². The molecular formula is C24H23N3O4S. The molecule has 1 saturated heterocycles. The molecule has 0 aliphatic carbocycles. The van der Waals surface area contributed by atoms with Crippen LogP contribution in [0.25, 0.3) is 17.0 Å². The molecule has 2 heterocycles. The molecule has 32 heavy (non-hydrogen) atoms. The van der Waals surface area contributed by atoms with Crippen molar-refractivity contribution in [1.29, 1.82) is 0 Å². The van der Waals surface area contributed by atoms with E-state index in [-0.39, 0.29) is 18.4 Å². The second-order valence-electron chi connectivity index (χ2n) is 7.09. The van der Waals surface area contributed by atoms with Gasteiger partial charge in [0, 0.05) is 22.7 Å². The fraction of sp³-hybridized carbons (Fsp3) is 0.208. The molecular weight excluding hydrogens is 426 g/mol. The highest BCUT2D eigenvalue weighted by molar-refractivity contribution is 7.80. The van der Waals surface area contributed by atoms with Crippen molar-refractivity contribution in [1.82, 2.24) is 9.88 Å². The van der Waals surface area contributed by atoms with Crippen LogP contribution >= 0.6 is 12.2 Å². The van der Waals surface area contributed by atoms with E-state index in [4.69, 9.17) is 21.7 Å². The number of fused-ring (bicyclic) bond motifs is 1. The van der Waals surface area contributed by atoms with Crippen molar-refractivity contribution in [3.05, 3.63) is 66.0 Å². The minimum Gasteiger partial charge on any atom is -0.494 e. The van der Waals surface area contributed by atoms with Crippen LogP contribution in [-0.2, 0) is 20.9 Å². The lowest BCUT2D eigenvalue weighted by Gasteiger charge is -2.14. The highest BCUT2D eigenvalue weighted by atomic mass is 32.1. The van der Waals surface area contributed by atoms with E-state index in [2.05, 4.69) is 5.32 Å². The molecule has 0 radical (unpaired) electrons. The average Bonchev–Trinajstić information content (AvgIpc) is 3.26. The van der Waals surface area contributed by atoms with Crippen molar-refractivity contribution < 1.29 is 19.1 Å². The summed E-state index contributed by atoms with van der Waals surface area (Å²) in [5, 5.41) is 4.24. The van der Waals surface area contributed by atoms with Crippen molar-refractivity contribution in [2.24, 2.45) is 0 Å². The fourth-order valence-electron chi connectivity index (χ4n) is 3.65. The number of para-hydroxylation sites is 1. The normalized spacial score (nSPS) is 14.8. The molecule has 1 aromatic heterocycles. The quantitative estimate of drug-likeness (QED) is 0.335. The number of ether oxygens (including phenoxy) is 2. The summed E-state index contributed by atoms with van der Waals surface area (Å²) in [6, 6.07) is 14.9. The molecule has 1 aliphatic heterocycles. The first-order valence-corrected chi connectivity index (χ1v) is 10.8. The fourth-order valence-corrected chi connectivity index (χ4v) is 3.95. The van der Waals surface area contributed by atoms with Gasteiger partial charge in [0.1, 0.15) is 18.0 Å². The summed E-state index contributed by atoms with van der Waals surface area (Å²) in [7, 11) is 0. The van der Waals surface area contributed by atoms with Gasteiger partial charge >= 0.3 is 5.97 Å². The summed E-state index contributed by atoms with van der Waals surface area (Å²) in [4.78, 5) is 26.6. The Balaban J connectivity index is 1.65. The van der Waals surface area contributed by atoms with E-state index in [1.54, 1.807) is 37.3 Å². The Morgan fingerprint density at radius 3 is 2.56 bits per heavy atom. The maximum Gasteiger partial charge on any atom is 0.325 e. The van der Waals surface area contributed by atoms with Gasteiger partial charge in [0.25, 0.3) is 5.91 Å². The average molecular weight is 450 g/mol. The molecule has 0 saturated carbocycles. The van der Waals surface area contributed by atoms with E-state index in [9.17, 15) is 9.59 Å².